The Morgan fingerprint density at radius 1 is 1.53 bits per heavy atom. The van der Waals surface area contributed by atoms with Gasteiger partial charge in [-0.05, 0) is 25.5 Å². The lowest BCUT2D eigenvalue weighted by atomic mass is 10.1. The predicted molar refractivity (Wildman–Crippen MR) is 66.2 cm³/mol. The highest BCUT2D eigenvalue weighted by atomic mass is 79.9. The molecule has 1 aliphatic rings. The molecule has 1 saturated carbocycles. The molecule has 1 N–H and O–H groups in total. The predicted octanol–water partition coefficient (Wildman–Crippen LogP) is 2.92. The lowest BCUT2D eigenvalue weighted by molar-refractivity contribution is -0.120. The third kappa shape index (κ3) is 1.95. The van der Waals surface area contributed by atoms with Gasteiger partial charge in [-0.3, -0.25) is 4.79 Å². The van der Waals surface area contributed by atoms with E-state index in [2.05, 4.69) is 42.2 Å². The lowest BCUT2D eigenvalue weighted by Crippen LogP contribution is -2.25. The van der Waals surface area contributed by atoms with Crippen molar-refractivity contribution in [3.05, 3.63) is 24.4 Å². The standard InChI is InChI=1S/C10H10Br2N2O/c1-9(6-10(9,11)12)8(15)14-7-4-2-3-5-13-7/h2-5H,6H2,1H3,(H,13,14,15)/t9-/m0/s1. The Morgan fingerprint density at radius 3 is 2.67 bits per heavy atom. The summed E-state index contributed by atoms with van der Waals surface area (Å²) in [5.41, 5.74) is -0.398. The zero-order valence-corrected chi connectivity index (χ0v) is 11.3. The van der Waals surface area contributed by atoms with E-state index in [4.69, 9.17) is 0 Å². The summed E-state index contributed by atoms with van der Waals surface area (Å²) < 4.78 is -0.258. The lowest BCUT2D eigenvalue weighted by Gasteiger charge is -2.12. The Balaban J connectivity index is 2.07. The summed E-state index contributed by atoms with van der Waals surface area (Å²) in [6, 6.07) is 5.43. The van der Waals surface area contributed by atoms with Crippen molar-refractivity contribution in [1.29, 1.82) is 0 Å². The number of hydrogen-bond donors (Lipinski definition) is 1. The van der Waals surface area contributed by atoms with Crippen molar-refractivity contribution in [3.8, 4) is 0 Å². The first-order valence-electron chi connectivity index (χ1n) is 4.56. The van der Waals surface area contributed by atoms with Gasteiger partial charge in [0.05, 0.1) is 8.65 Å². The van der Waals surface area contributed by atoms with E-state index >= 15 is 0 Å². The average Bonchev–Trinajstić information content (AvgIpc) is 2.69. The minimum absolute atomic E-state index is 0.0186. The summed E-state index contributed by atoms with van der Waals surface area (Å²) in [6.07, 6.45) is 2.43. The fraction of sp³-hybridized carbons (Fsp3) is 0.400. The average molecular weight is 334 g/mol. The van der Waals surface area contributed by atoms with E-state index in [1.165, 1.54) is 0 Å². The van der Waals surface area contributed by atoms with Crippen LogP contribution in [0.5, 0.6) is 0 Å². The molecule has 0 spiro atoms. The second-order valence-electron chi connectivity index (χ2n) is 3.88. The largest absolute Gasteiger partial charge is 0.310 e. The molecule has 3 nitrogen and oxygen atoms in total. The van der Waals surface area contributed by atoms with E-state index in [1.54, 1.807) is 12.3 Å². The van der Waals surface area contributed by atoms with E-state index in [1.807, 2.05) is 19.1 Å². The van der Waals surface area contributed by atoms with Gasteiger partial charge in [0.2, 0.25) is 5.91 Å². The Kier molecular flexibility index (Phi) is 2.63. The number of anilines is 1. The zero-order valence-electron chi connectivity index (χ0n) is 8.13. The highest BCUT2D eigenvalue weighted by Gasteiger charge is 2.66. The molecule has 1 aromatic heterocycles. The Hall–Kier alpha value is -0.420. The maximum atomic E-state index is 11.9. The van der Waals surface area contributed by atoms with Gasteiger partial charge in [-0.25, -0.2) is 4.98 Å². The number of carbonyl (C=O) groups is 1. The Morgan fingerprint density at radius 2 is 2.20 bits per heavy atom. The van der Waals surface area contributed by atoms with Crippen LogP contribution in [0.2, 0.25) is 0 Å². The molecule has 1 aliphatic carbocycles. The number of nitrogens with zero attached hydrogens (tertiary/aromatic N) is 1. The molecule has 2 rings (SSSR count). The Labute approximate surface area is 105 Å². The molecule has 1 heterocycles. The molecule has 0 aromatic carbocycles. The van der Waals surface area contributed by atoms with Crippen LogP contribution >= 0.6 is 31.9 Å². The van der Waals surface area contributed by atoms with E-state index in [0.29, 0.717) is 5.82 Å². The second kappa shape index (κ2) is 3.56. The van der Waals surface area contributed by atoms with Gasteiger partial charge in [-0.15, -0.1) is 0 Å². The monoisotopic (exact) mass is 332 g/mol. The van der Waals surface area contributed by atoms with Crippen LogP contribution in [0.25, 0.3) is 0 Å². The van der Waals surface area contributed by atoms with Crippen molar-refractivity contribution >= 4 is 43.6 Å². The van der Waals surface area contributed by atoms with Crippen molar-refractivity contribution < 1.29 is 4.79 Å². The first-order chi connectivity index (χ1) is 6.96. The molecule has 1 fully saturated rings. The number of pyridine rings is 1. The summed E-state index contributed by atoms with van der Waals surface area (Å²) in [7, 11) is 0. The molecular formula is C10H10Br2N2O. The minimum atomic E-state index is -0.398. The van der Waals surface area contributed by atoms with E-state index < -0.39 is 5.41 Å². The molecule has 0 bridgehead atoms. The van der Waals surface area contributed by atoms with Crippen LogP contribution in [0.1, 0.15) is 13.3 Å². The summed E-state index contributed by atoms with van der Waals surface area (Å²) >= 11 is 6.92. The van der Waals surface area contributed by atoms with Crippen LogP contribution in [0.3, 0.4) is 0 Å². The fourth-order valence-electron chi connectivity index (χ4n) is 1.34. The van der Waals surface area contributed by atoms with Crippen LogP contribution < -0.4 is 5.32 Å². The van der Waals surface area contributed by atoms with Crippen LogP contribution in [-0.2, 0) is 4.79 Å². The molecule has 0 radical (unpaired) electrons. The van der Waals surface area contributed by atoms with Gasteiger partial charge < -0.3 is 5.32 Å². The molecule has 1 amide bonds. The highest BCUT2D eigenvalue weighted by Crippen LogP contribution is 2.66. The van der Waals surface area contributed by atoms with Gasteiger partial charge in [-0.2, -0.15) is 0 Å². The molecule has 0 aliphatic heterocycles. The van der Waals surface area contributed by atoms with Gasteiger partial charge in [0.1, 0.15) is 5.82 Å². The van der Waals surface area contributed by atoms with Crippen LogP contribution in [0.15, 0.2) is 24.4 Å². The summed E-state index contributed by atoms with van der Waals surface area (Å²) in [5, 5.41) is 2.79. The maximum Gasteiger partial charge on any atom is 0.233 e. The zero-order chi connectivity index (χ0) is 11.1. The molecule has 0 saturated heterocycles. The SMILES string of the molecule is C[C@@]1(C(=O)Nc2ccccn2)CC1(Br)Br. The normalized spacial score (nSPS) is 27.1. The topological polar surface area (TPSA) is 42.0 Å². The summed E-state index contributed by atoms with van der Waals surface area (Å²) in [4.78, 5) is 15.9. The fourth-order valence-corrected chi connectivity index (χ4v) is 2.82. The molecule has 0 unspecified atom stereocenters. The first-order valence-corrected chi connectivity index (χ1v) is 6.15. The molecule has 5 heteroatoms. The summed E-state index contributed by atoms with van der Waals surface area (Å²) in [5.74, 6) is 0.571. The van der Waals surface area contributed by atoms with Gasteiger partial charge >= 0.3 is 0 Å². The van der Waals surface area contributed by atoms with Crippen LogP contribution in [0.4, 0.5) is 5.82 Å². The summed E-state index contributed by atoms with van der Waals surface area (Å²) in [6.45, 7) is 1.91. The van der Waals surface area contributed by atoms with Gasteiger partial charge in [0, 0.05) is 6.20 Å². The van der Waals surface area contributed by atoms with Crippen molar-refractivity contribution in [2.75, 3.05) is 5.32 Å². The second-order valence-corrected chi connectivity index (χ2v) is 7.65. The van der Waals surface area contributed by atoms with E-state index in [-0.39, 0.29) is 9.14 Å². The third-order valence-electron chi connectivity index (χ3n) is 2.67. The quantitative estimate of drug-likeness (QED) is 0.845. The molecular weight excluding hydrogens is 324 g/mol. The molecule has 1 aromatic rings. The van der Waals surface area contributed by atoms with Crippen molar-refractivity contribution in [2.24, 2.45) is 5.41 Å². The molecule has 1 atom stereocenters. The number of amides is 1. The number of hydrogen-bond acceptors (Lipinski definition) is 2. The van der Waals surface area contributed by atoms with Crippen LogP contribution in [-0.4, -0.2) is 14.1 Å². The minimum Gasteiger partial charge on any atom is -0.310 e. The van der Waals surface area contributed by atoms with Crippen molar-refractivity contribution in [3.63, 3.8) is 0 Å². The number of alkyl halides is 2. The van der Waals surface area contributed by atoms with E-state index in [9.17, 15) is 4.79 Å². The third-order valence-corrected chi connectivity index (χ3v) is 4.98. The van der Waals surface area contributed by atoms with Crippen molar-refractivity contribution in [1.82, 2.24) is 4.98 Å². The first kappa shape index (κ1) is 11.1. The van der Waals surface area contributed by atoms with Crippen LogP contribution in [0, 0.1) is 5.41 Å². The number of halogens is 2. The molecule has 80 valence electrons. The Bertz CT molecular complexity index is 394. The number of carbonyl (C=O) groups excluding carboxylic acids is 1. The highest BCUT2D eigenvalue weighted by molar-refractivity contribution is 9.25. The number of rotatable bonds is 2. The van der Waals surface area contributed by atoms with Gasteiger partial charge in [0.25, 0.3) is 0 Å². The van der Waals surface area contributed by atoms with Gasteiger partial charge in [0.15, 0.2) is 0 Å². The van der Waals surface area contributed by atoms with E-state index in [0.717, 1.165) is 6.42 Å². The maximum absolute atomic E-state index is 11.9. The van der Waals surface area contributed by atoms with Crippen molar-refractivity contribution in [2.45, 2.75) is 16.6 Å². The number of aromatic nitrogens is 1. The number of nitrogens with one attached hydrogen (secondary N) is 1. The van der Waals surface area contributed by atoms with Gasteiger partial charge in [-0.1, -0.05) is 37.9 Å². The smallest absolute Gasteiger partial charge is 0.233 e. The molecule has 15 heavy (non-hydrogen) atoms.